The predicted molar refractivity (Wildman–Crippen MR) is 97.2 cm³/mol. The van der Waals surface area contributed by atoms with Crippen LogP contribution in [0.2, 0.25) is 0 Å². The molecular formula is C20H20N4O2. The fourth-order valence-corrected chi connectivity index (χ4v) is 3.54. The van der Waals surface area contributed by atoms with E-state index < -0.39 is 0 Å². The minimum Gasteiger partial charge on any atom is -0.335 e. The van der Waals surface area contributed by atoms with Gasteiger partial charge in [-0.15, -0.1) is 0 Å². The zero-order valence-corrected chi connectivity index (χ0v) is 14.6. The molecule has 1 unspecified atom stereocenters. The first-order chi connectivity index (χ1) is 12.6. The first-order valence-electron chi connectivity index (χ1n) is 8.83. The summed E-state index contributed by atoms with van der Waals surface area (Å²) in [7, 11) is 0. The van der Waals surface area contributed by atoms with E-state index in [2.05, 4.69) is 10.1 Å². The van der Waals surface area contributed by atoms with E-state index in [0.29, 0.717) is 29.7 Å². The number of amides is 1. The highest BCUT2D eigenvalue weighted by Gasteiger charge is 2.32. The number of hydrogen-bond donors (Lipinski definition) is 0. The highest BCUT2D eigenvalue weighted by molar-refractivity contribution is 6.01. The topological polar surface area (TPSA) is 67.6 Å². The van der Waals surface area contributed by atoms with Crippen molar-refractivity contribution in [2.75, 3.05) is 6.54 Å². The number of carbonyl (C=O) groups is 2. The number of aromatic nitrogens is 3. The van der Waals surface area contributed by atoms with E-state index >= 15 is 0 Å². The Morgan fingerprint density at radius 3 is 2.81 bits per heavy atom. The summed E-state index contributed by atoms with van der Waals surface area (Å²) in [6, 6.07) is 11.0. The van der Waals surface area contributed by atoms with Crippen molar-refractivity contribution in [2.24, 2.45) is 0 Å². The number of likely N-dealkylation sites (tertiary alicyclic amines) is 1. The summed E-state index contributed by atoms with van der Waals surface area (Å²) in [5.74, 6) is -0.0226. The van der Waals surface area contributed by atoms with E-state index in [-0.39, 0.29) is 17.7 Å². The predicted octanol–water partition coefficient (Wildman–Crippen LogP) is 2.92. The second-order valence-corrected chi connectivity index (χ2v) is 6.68. The average Bonchev–Trinajstić information content (AvgIpc) is 3.28. The van der Waals surface area contributed by atoms with Gasteiger partial charge in [0.15, 0.2) is 11.4 Å². The van der Waals surface area contributed by atoms with Crippen molar-refractivity contribution in [3.8, 4) is 0 Å². The van der Waals surface area contributed by atoms with Gasteiger partial charge < -0.3 is 4.90 Å². The Morgan fingerprint density at radius 2 is 2.00 bits per heavy atom. The maximum absolute atomic E-state index is 13.1. The van der Waals surface area contributed by atoms with Crippen LogP contribution in [0.25, 0.3) is 5.65 Å². The molecule has 1 amide bonds. The minimum atomic E-state index is -0.0959. The molecule has 6 nitrogen and oxygen atoms in total. The fourth-order valence-electron chi connectivity index (χ4n) is 3.54. The molecule has 3 heterocycles. The van der Waals surface area contributed by atoms with Crippen molar-refractivity contribution in [1.82, 2.24) is 19.5 Å². The van der Waals surface area contributed by atoms with Crippen LogP contribution in [-0.2, 0) is 0 Å². The lowest BCUT2D eigenvalue weighted by atomic mass is 10.0. The lowest BCUT2D eigenvalue weighted by molar-refractivity contribution is 0.0718. The number of ketones is 1. The van der Waals surface area contributed by atoms with Gasteiger partial charge in [-0.1, -0.05) is 30.3 Å². The van der Waals surface area contributed by atoms with Crippen molar-refractivity contribution in [3.05, 3.63) is 65.6 Å². The summed E-state index contributed by atoms with van der Waals surface area (Å²) in [5.41, 5.74) is 2.59. The maximum Gasteiger partial charge on any atom is 0.259 e. The zero-order chi connectivity index (χ0) is 18.1. The van der Waals surface area contributed by atoms with E-state index in [0.717, 1.165) is 18.5 Å². The molecule has 1 atom stereocenters. The Hall–Kier alpha value is -3.02. The van der Waals surface area contributed by atoms with Crippen LogP contribution < -0.4 is 0 Å². The van der Waals surface area contributed by atoms with Crippen LogP contribution in [0.5, 0.6) is 0 Å². The van der Waals surface area contributed by atoms with Gasteiger partial charge in [-0.2, -0.15) is 5.10 Å². The molecule has 1 aliphatic heterocycles. The molecule has 132 valence electrons. The summed E-state index contributed by atoms with van der Waals surface area (Å²) >= 11 is 0. The van der Waals surface area contributed by atoms with Crippen LogP contribution >= 0.6 is 0 Å². The Bertz CT molecular complexity index is 964. The monoisotopic (exact) mass is 348 g/mol. The SMILES string of the molecule is Cc1ccn2ncc(C(=O)N3CCCC3CC(=O)c3ccccc3)c2n1. The molecule has 0 saturated carbocycles. The fraction of sp³-hybridized carbons (Fsp3) is 0.300. The Balaban J connectivity index is 1.57. The number of nitrogens with zero attached hydrogens (tertiary/aromatic N) is 4. The van der Waals surface area contributed by atoms with E-state index in [1.807, 2.05) is 48.2 Å². The molecule has 26 heavy (non-hydrogen) atoms. The average molecular weight is 348 g/mol. The summed E-state index contributed by atoms with van der Waals surface area (Å²) in [4.78, 5) is 31.9. The molecule has 0 aliphatic carbocycles. The van der Waals surface area contributed by atoms with E-state index in [9.17, 15) is 9.59 Å². The maximum atomic E-state index is 13.1. The van der Waals surface area contributed by atoms with E-state index in [4.69, 9.17) is 0 Å². The van der Waals surface area contributed by atoms with Crippen molar-refractivity contribution < 1.29 is 9.59 Å². The van der Waals surface area contributed by atoms with Gasteiger partial charge >= 0.3 is 0 Å². The van der Waals surface area contributed by atoms with Gasteiger partial charge in [0.05, 0.1) is 6.20 Å². The molecular weight excluding hydrogens is 328 g/mol. The molecule has 0 N–H and O–H groups in total. The number of aryl methyl sites for hydroxylation is 1. The molecule has 3 aromatic rings. The summed E-state index contributed by atoms with van der Waals surface area (Å²) in [5, 5.41) is 4.23. The summed E-state index contributed by atoms with van der Waals surface area (Å²) < 4.78 is 1.61. The summed E-state index contributed by atoms with van der Waals surface area (Å²) in [6.07, 6.45) is 5.47. The van der Waals surface area contributed by atoms with Crippen molar-refractivity contribution in [2.45, 2.75) is 32.2 Å². The highest BCUT2D eigenvalue weighted by atomic mass is 16.2. The molecule has 1 fully saturated rings. The number of hydrogen-bond acceptors (Lipinski definition) is 4. The number of rotatable bonds is 4. The third-order valence-corrected chi connectivity index (χ3v) is 4.89. The molecule has 0 bridgehead atoms. The Morgan fingerprint density at radius 1 is 1.19 bits per heavy atom. The third-order valence-electron chi connectivity index (χ3n) is 4.89. The van der Waals surface area contributed by atoms with E-state index in [1.165, 1.54) is 0 Å². The van der Waals surface area contributed by atoms with Crippen molar-refractivity contribution >= 4 is 17.3 Å². The third kappa shape index (κ3) is 2.98. The molecule has 0 radical (unpaired) electrons. The lowest BCUT2D eigenvalue weighted by Gasteiger charge is -2.24. The van der Waals surface area contributed by atoms with E-state index in [1.54, 1.807) is 16.9 Å². The van der Waals surface area contributed by atoms with Gasteiger partial charge in [-0.05, 0) is 25.8 Å². The normalized spacial score (nSPS) is 17.0. The molecule has 1 aromatic carbocycles. The molecule has 1 saturated heterocycles. The van der Waals surface area contributed by atoms with Gasteiger partial charge in [0.2, 0.25) is 0 Å². The quantitative estimate of drug-likeness (QED) is 0.680. The minimum absolute atomic E-state index is 0.0733. The molecule has 6 heteroatoms. The number of fused-ring (bicyclic) bond motifs is 1. The first kappa shape index (κ1) is 16.4. The van der Waals surface area contributed by atoms with Crippen LogP contribution in [0.3, 0.4) is 0 Å². The van der Waals surface area contributed by atoms with Gasteiger partial charge in [0.25, 0.3) is 5.91 Å². The second kappa shape index (κ2) is 6.71. The van der Waals surface area contributed by atoms with Crippen molar-refractivity contribution in [1.29, 1.82) is 0 Å². The highest BCUT2D eigenvalue weighted by Crippen LogP contribution is 2.25. The van der Waals surface area contributed by atoms with Crippen LogP contribution in [0.15, 0.2) is 48.8 Å². The van der Waals surface area contributed by atoms with Crippen LogP contribution in [0.1, 0.15) is 45.7 Å². The first-order valence-corrected chi connectivity index (χ1v) is 8.83. The number of Topliss-reactive ketones (excluding diaryl/α,β-unsaturated/α-hetero) is 1. The number of benzene rings is 1. The largest absolute Gasteiger partial charge is 0.335 e. The lowest BCUT2D eigenvalue weighted by Crippen LogP contribution is -2.36. The van der Waals surface area contributed by atoms with Crippen LogP contribution in [0, 0.1) is 6.92 Å². The van der Waals surface area contributed by atoms with Gasteiger partial charge in [-0.25, -0.2) is 9.50 Å². The Kier molecular flexibility index (Phi) is 4.24. The van der Waals surface area contributed by atoms with Gasteiger partial charge in [0.1, 0.15) is 5.56 Å². The molecule has 2 aromatic heterocycles. The van der Waals surface area contributed by atoms with Gasteiger partial charge in [0, 0.05) is 36.5 Å². The standard InChI is InChI=1S/C20H20N4O2/c1-14-9-11-24-19(22-14)17(13-21-24)20(26)23-10-5-8-16(23)12-18(25)15-6-3-2-4-7-15/h2-4,6-7,9,11,13,16H,5,8,10,12H2,1H3. The summed E-state index contributed by atoms with van der Waals surface area (Å²) in [6.45, 7) is 2.55. The number of carbonyl (C=O) groups excluding carboxylic acids is 2. The smallest absolute Gasteiger partial charge is 0.259 e. The van der Waals surface area contributed by atoms with Crippen molar-refractivity contribution in [3.63, 3.8) is 0 Å². The Labute approximate surface area is 151 Å². The zero-order valence-electron chi connectivity index (χ0n) is 14.6. The second-order valence-electron chi connectivity index (χ2n) is 6.68. The molecule has 4 rings (SSSR count). The molecule has 0 spiro atoms. The van der Waals surface area contributed by atoms with Crippen LogP contribution in [0.4, 0.5) is 0 Å². The molecule has 1 aliphatic rings. The van der Waals surface area contributed by atoms with Gasteiger partial charge in [-0.3, -0.25) is 9.59 Å². The van der Waals surface area contributed by atoms with Crippen LogP contribution in [-0.4, -0.2) is 43.8 Å².